The van der Waals surface area contributed by atoms with Crippen molar-refractivity contribution in [1.29, 1.82) is 0 Å². The molecule has 0 unspecified atom stereocenters. The lowest BCUT2D eigenvalue weighted by molar-refractivity contribution is 0.657. The van der Waals surface area contributed by atoms with Crippen LogP contribution in [0.15, 0.2) is 48.6 Å². The van der Waals surface area contributed by atoms with Crippen LogP contribution in [0.25, 0.3) is 5.57 Å². The van der Waals surface area contributed by atoms with Crippen LogP contribution in [-0.4, -0.2) is 0 Å². The second-order valence-electron chi connectivity index (χ2n) is 4.93. The van der Waals surface area contributed by atoms with E-state index in [0.717, 1.165) is 5.69 Å². The van der Waals surface area contributed by atoms with Crippen LogP contribution >= 0.6 is 0 Å². The Kier molecular flexibility index (Phi) is 2.70. The maximum Gasteiger partial charge on any atom is 0.0361 e. The van der Waals surface area contributed by atoms with Gasteiger partial charge >= 0.3 is 0 Å². The Balaban J connectivity index is 2.81. The van der Waals surface area contributed by atoms with Gasteiger partial charge in [0.2, 0.25) is 0 Å². The highest BCUT2D eigenvalue weighted by atomic mass is 14.6. The van der Waals surface area contributed by atoms with Crippen LogP contribution in [0.5, 0.6) is 0 Å². The predicted molar refractivity (Wildman–Crippen MR) is 75.8 cm³/mol. The van der Waals surface area contributed by atoms with Crippen molar-refractivity contribution in [1.82, 2.24) is 0 Å². The van der Waals surface area contributed by atoms with Gasteiger partial charge in [0, 0.05) is 11.1 Å². The van der Waals surface area contributed by atoms with Crippen molar-refractivity contribution in [2.45, 2.75) is 26.2 Å². The first-order valence-electron chi connectivity index (χ1n) is 5.93. The molecule has 88 valence electrons. The summed E-state index contributed by atoms with van der Waals surface area (Å²) in [6.45, 7) is 10.4. The average molecular weight is 225 g/mol. The molecule has 0 aliphatic heterocycles. The smallest absolute Gasteiger partial charge is 0.0361 e. The molecule has 0 aromatic heterocycles. The standard InChI is InChI=1S/C16H19N/c1-5-8-11-12-9-7-10-14(17)15(12)16(3,4)13(11)6-2/h5-10H,2,17H2,1,3-4H3/b8-5-. The van der Waals surface area contributed by atoms with Gasteiger partial charge in [-0.05, 0) is 35.3 Å². The number of nitrogens with two attached hydrogens (primary N) is 1. The van der Waals surface area contributed by atoms with Crippen molar-refractivity contribution in [3.8, 4) is 0 Å². The van der Waals surface area contributed by atoms with E-state index in [1.54, 1.807) is 0 Å². The van der Waals surface area contributed by atoms with Crippen LogP contribution in [0.3, 0.4) is 0 Å². The molecule has 0 spiro atoms. The van der Waals surface area contributed by atoms with Crippen molar-refractivity contribution in [3.63, 3.8) is 0 Å². The minimum Gasteiger partial charge on any atom is -0.398 e. The molecule has 1 nitrogen and oxygen atoms in total. The zero-order valence-corrected chi connectivity index (χ0v) is 10.7. The highest BCUT2D eigenvalue weighted by molar-refractivity contribution is 5.90. The third-order valence-corrected chi connectivity index (χ3v) is 3.51. The quantitative estimate of drug-likeness (QED) is 0.754. The third kappa shape index (κ3) is 1.54. The van der Waals surface area contributed by atoms with Crippen molar-refractivity contribution < 1.29 is 0 Å². The molecule has 0 amide bonds. The molecule has 0 fully saturated rings. The van der Waals surface area contributed by atoms with Crippen LogP contribution in [0, 0.1) is 0 Å². The maximum absolute atomic E-state index is 6.14. The minimum atomic E-state index is -0.0583. The molecule has 0 atom stereocenters. The monoisotopic (exact) mass is 225 g/mol. The van der Waals surface area contributed by atoms with E-state index in [1.165, 1.54) is 22.3 Å². The van der Waals surface area contributed by atoms with Gasteiger partial charge in [-0.25, -0.2) is 0 Å². The van der Waals surface area contributed by atoms with E-state index >= 15 is 0 Å². The number of anilines is 1. The van der Waals surface area contributed by atoms with E-state index in [2.05, 4.69) is 38.6 Å². The number of benzene rings is 1. The Hall–Kier alpha value is -1.76. The fourth-order valence-electron chi connectivity index (χ4n) is 2.82. The van der Waals surface area contributed by atoms with Gasteiger partial charge in [0.15, 0.2) is 0 Å². The van der Waals surface area contributed by atoms with Crippen molar-refractivity contribution in [3.05, 3.63) is 59.7 Å². The molecule has 1 aliphatic rings. The molecule has 2 rings (SSSR count). The number of nitrogen functional groups attached to an aromatic ring is 1. The summed E-state index contributed by atoms with van der Waals surface area (Å²) in [5, 5.41) is 0. The summed E-state index contributed by atoms with van der Waals surface area (Å²) in [4.78, 5) is 0. The number of allylic oxidation sites excluding steroid dienone is 5. The summed E-state index contributed by atoms with van der Waals surface area (Å²) in [7, 11) is 0. The van der Waals surface area contributed by atoms with Gasteiger partial charge in [-0.2, -0.15) is 0 Å². The molecule has 1 heteroatoms. The SMILES string of the molecule is C=CC1=C(/C=C\C)c2cccc(N)c2C1(C)C. The molecule has 1 aromatic carbocycles. The van der Waals surface area contributed by atoms with Gasteiger partial charge in [-0.3, -0.25) is 0 Å². The van der Waals surface area contributed by atoms with Gasteiger partial charge < -0.3 is 5.73 Å². The Labute approximate surface area is 103 Å². The Morgan fingerprint density at radius 1 is 1.29 bits per heavy atom. The molecule has 1 aromatic rings. The Morgan fingerprint density at radius 2 is 2.00 bits per heavy atom. The molecule has 1 aliphatic carbocycles. The fraction of sp³-hybridized carbons (Fsp3) is 0.250. The lowest BCUT2D eigenvalue weighted by Gasteiger charge is -2.24. The number of fused-ring (bicyclic) bond motifs is 1. The molecule has 0 bridgehead atoms. The third-order valence-electron chi connectivity index (χ3n) is 3.51. The number of rotatable bonds is 2. The van der Waals surface area contributed by atoms with Gasteiger partial charge in [-0.1, -0.05) is 50.8 Å². The van der Waals surface area contributed by atoms with Crippen molar-refractivity contribution in [2.75, 3.05) is 5.73 Å². The fourth-order valence-corrected chi connectivity index (χ4v) is 2.82. The molecular weight excluding hydrogens is 206 g/mol. The van der Waals surface area contributed by atoms with E-state index in [1.807, 2.05) is 25.1 Å². The van der Waals surface area contributed by atoms with Gasteiger partial charge in [0.25, 0.3) is 0 Å². The minimum absolute atomic E-state index is 0.0583. The lowest BCUT2D eigenvalue weighted by Crippen LogP contribution is -2.17. The summed E-state index contributed by atoms with van der Waals surface area (Å²) in [5.41, 5.74) is 11.9. The van der Waals surface area contributed by atoms with E-state index < -0.39 is 0 Å². The second-order valence-corrected chi connectivity index (χ2v) is 4.93. The van der Waals surface area contributed by atoms with Crippen molar-refractivity contribution in [2.24, 2.45) is 0 Å². The lowest BCUT2D eigenvalue weighted by atomic mass is 9.80. The summed E-state index contributed by atoms with van der Waals surface area (Å²) in [6.07, 6.45) is 6.16. The van der Waals surface area contributed by atoms with E-state index in [0.29, 0.717) is 0 Å². The number of hydrogen-bond acceptors (Lipinski definition) is 1. The van der Waals surface area contributed by atoms with E-state index in [-0.39, 0.29) is 5.41 Å². The highest BCUT2D eigenvalue weighted by Gasteiger charge is 2.36. The molecule has 17 heavy (non-hydrogen) atoms. The molecule has 0 saturated carbocycles. The second kappa shape index (κ2) is 3.92. The summed E-state index contributed by atoms with van der Waals surface area (Å²) in [5.74, 6) is 0. The van der Waals surface area contributed by atoms with Gasteiger partial charge in [0.1, 0.15) is 0 Å². The van der Waals surface area contributed by atoms with E-state index in [4.69, 9.17) is 5.73 Å². The van der Waals surface area contributed by atoms with Crippen LogP contribution in [-0.2, 0) is 5.41 Å². The first-order chi connectivity index (χ1) is 8.04. The zero-order chi connectivity index (χ0) is 12.6. The first-order valence-corrected chi connectivity index (χ1v) is 5.93. The van der Waals surface area contributed by atoms with Crippen LogP contribution < -0.4 is 5.73 Å². The largest absolute Gasteiger partial charge is 0.398 e. The number of hydrogen-bond donors (Lipinski definition) is 1. The van der Waals surface area contributed by atoms with E-state index in [9.17, 15) is 0 Å². The predicted octanol–water partition coefficient (Wildman–Crippen LogP) is 4.08. The molecule has 0 radical (unpaired) electrons. The van der Waals surface area contributed by atoms with Crippen molar-refractivity contribution >= 4 is 11.3 Å². The zero-order valence-electron chi connectivity index (χ0n) is 10.7. The average Bonchev–Trinajstić information content (AvgIpc) is 2.48. The Morgan fingerprint density at radius 3 is 2.59 bits per heavy atom. The summed E-state index contributed by atoms with van der Waals surface area (Å²) < 4.78 is 0. The van der Waals surface area contributed by atoms with Gasteiger partial charge in [0.05, 0.1) is 0 Å². The van der Waals surface area contributed by atoms with Gasteiger partial charge in [-0.15, -0.1) is 0 Å². The normalized spacial score (nSPS) is 17.6. The summed E-state index contributed by atoms with van der Waals surface area (Å²) >= 11 is 0. The molecule has 0 heterocycles. The molecule has 0 saturated heterocycles. The van der Waals surface area contributed by atoms with Crippen LogP contribution in [0.4, 0.5) is 5.69 Å². The maximum atomic E-state index is 6.14. The first kappa shape index (κ1) is 11.7. The Bertz CT molecular complexity index is 530. The summed E-state index contributed by atoms with van der Waals surface area (Å²) in [6, 6.07) is 6.12. The van der Waals surface area contributed by atoms with Crippen LogP contribution in [0.1, 0.15) is 31.9 Å². The highest BCUT2D eigenvalue weighted by Crippen LogP contribution is 2.49. The van der Waals surface area contributed by atoms with Crippen LogP contribution in [0.2, 0.25) is 0 Å². The molecular formula is C16H19N. The topological polar surface area (TPSA) is 26.0 Å². The molecule has 2 N–H and O–H groups in total.